The van der Waals surface area contributed by atoms with Gasteiger partial charge in [0.15, 0.2) is 0 Å². The van der Waals surface area contributed by atoms with Gasteiger partial charge in [0.2, 0.25) is 5.91 Å². The van der Waals surface area contributed by atoms with Crippen molar-refractivity contribution in [1.82, 2.24) is 20.1 Å². The SMILES string of the molecule is Cc1c(C(C)NC(=O)c2ccc(C(N)=O)cn2)cnn1C. The lowest BCUT2D eigenvalue weighted by atomic mass is 10.1. The fourth-order valence-electron chi connectivity index (χ4n) is 1.96. The Hall–Kier alpha value is -2.70. The Kier molecular flexibility index (Phi) is 4.02. The predicted molar refractivity (Wildman–Crippen MR) is 76.6 cm³/mol. The van der Waals surface area contributed by atoms with Crippen LogP contribution < -0.4 is 11.1 Å². The summed E-state index contributed by atoms with van der Waals surface area (Å²) in [5, 5.41) is 6.99. The van der Waals surface area contributed by atoms with Gasteiger partial charge in [-0.1, -0.05) is 0 Å². The number of hydrogen-bond acceptors (Lipinski definition) is 4. The summed E-state index contributed by atoms with van der Waals surface area (Å²) in [6.07, 6.45) is 3.02. The van der Waals surface area contributed by atoms with Crippen molar-refractivity contribution < 1.29 is 9.59 Å². The second kappa shape index (κ2) is 5.74. The molecular formula is C14H17N5O2. The van der Waals surface area contributed by atoms with Crippen LogP contribution in [0.3, 0.4) is 0 Å². The van der Waals surface area contributed by atoms with E-state index < -0.39 is 5.91 Å². The normalized spacial score (nSPS) is 12.0. The smallest absolute Gasteiger partial charge is 0.270 e. The molecule has 0 radical (unpaired) electrons. The van der Waals surface area contributed by atoms with Gasteiger partial charge in [0, 0.05) is 24.5 Å². The van der Waals surface area contributed by atoms with Crippen molar-refractivity contribution in [2.24, 2.45) is 12.8 Å². The average molecular weight is 287 g/mol. The second-order valence-electron chi connectivity index (χ2n) is 4.80. The fourth-order valence-corrected chi connectivity index (χ4v) is 1.96. The summed E-state index contributed by atoms with van der Waals surface area (Å²) in [6.45, 7) is 3.81. The number of amides is 2. The summed E-state index contributed by atoms with van der Waals surface area (Å²) in [6, 6.07) is 2.76. The highest BCUT2D eigenvalue weighted by atomic mass is 16.2. The fraction of sp³-hybridized carbons (Fsp3) is 0.286. The molecule has 110 valence electrons. The van der Waals surface area contributed by atoms with Crippen molar-refractivity contribution in [2.45, 2.75) is 19.9 Å². The quantitative estimate of drug-likeness (QED) is 0.864. The number of aryl methyl sites for hydroxylation is 1. The highest BCUT2D eigenvalue weighted by Crippen LogP contribution is 2.16. The summed E-state index contributed by atoms with van der Waals surface area (Å²) in [4.78, 5) is 27.0. The maximum absolute atomic E-state index is 12.1. The minimum Gasteiger partial charge on any atom is -0.366 e. The third kappa shape index (κ3) is 3.07. The van der Waals surface area contributed by atoms with E-state index in [1.54, 1.807) is 10.9 Å². The Morgan fingerprint density at radius 2 is 2.05 bits per heavy atom. The highest BCUT2D eigenvalue weighted by molar-refractivity contribution is 5.95. The lowest BCUT2D eigenvalue weighted by Crippen LogP contribution is -2.27. The van der Waals surface area contributed by atoms with Crippen LogP contribution in [0.5, 0.6) is 0 Å². The number of hydrogen-bond donors (Lipinski definition) is 2. The Morgan fingerprint density at radius 1 is 1.33 bits per heavy atom. The van der Waals surface area contributed by atoms with Crippen LogP contribution in [0, 0.1) is 6.92 Å². The molecule has 0 aliphatic heterocycles. The van der Waals surface area contributed by atoms with Gasteiger partial charge in [-0.15, -0.1) is 0 Å². The van der Waals surface area contributed by atoms with E-state index in [0.29, 0.717) is 0 Å². The lowest BCUT2D eigenvalue weighted by Gasteiger charge is -2.13. The maximum atomic E-state index is 12.1. The maximum Gasteiger partial charge on any atom is 0.270 e. The first kappa shape index (κ1) is 14.7. The molecule has 0 fully saturated rings. The molecule has 7 nitrogen and oxygen atoms in total. The molecule has 1 atom stereocenters. The summed E-state index contributed by atoms with van der Waals surface area (Å²) < 4.78 is 1.75. The lowest BCUT2D eigenvalue weighted by molar-refractivity contribution is 0.0932. The van der Waals surface area contributed by atoms with Crippen molar-refractivity contribution in [3.05, 3.63) is 47.0 Å². The van der Waals surface area contributed by atoms with E-state index in [-0.39, 0.29) is 23.2 Å². The Morgan fingerprint density at radius 3 is 2.52 bits per heavy atom. The number of nitrogens with zero attached hydrogens (tertiary/aromatic N) is 3. The molecule has 0 bridgehead atoms. The van der Waals surface area contributed by atoms with Gasteiger partial charge in [0.25, 0.3) is 5.91 Å². The van der Waals surface area contributed by atoms with E-state index in [4.69, 9.17) is 5.73 Å². The monoisotopic (exact) mass is 287 g/mol. The zero-order chi connectivity index (χ0) is 15.6. The van der Waals surface area contributed by atoms with Crippen molar-refractivity contribution in [2.75, 3.05) is 0 Å². The number of carbonyl (C=O) groups is 2. The van der Waals surface area contributed by atoms with Gasteiger partial charge in [-0.2, -0.15) is 5.10 Å². The summed E-state index contributed by atoms with van der Waals surface area (Å²) in [7, 11) is 1.84. The van der Waals surface area contributed by atoms with Crippen LogP contribution in [0.25, 0.3) is 0 Å². The number of nitrogens with one attached hydrogen (secondary N) is 1. The van der Waals surface area contributed by atoms with Gasteiger partial charge in [-0.3, -0.25) is 19.3 Å². The Balaban J connectivity index is 2.10. The van der Waals surface area contributed by atoms with Crippen LogP contribution in [-0.4, -0.2) is 26.6 Å². The molecule has 2 heterocycles. The highest BCUT2D eigenvalue weighted by Gasteiger charge is 2.16. The topological polar surface area (TPSA) is 103 Å². The van der Waals surface area contributed by atoms with Gasteiger partial charge in [0.05, 0.1) is 17.8 Å². The summed E-state index contributed by atoms with van der Waals surface area (Å²) in [5.41, 5.74) is 7.55. The van der Waals surface area contributed by atoms with Crippen LogP contribution >= 0.6 is 0 Å². The third-order valence-electron chi connectivity index (χ3n) is 3.37. The number of aromatic nitrogens is 3. The zero-order valence-corrected chi connectivity index (χ0v) is 12.1. The Bertz CT molecular complexity index is 675. The van der Waals surface area contributed by atoms with E-state index >= 15 is 0 Å². The van der Waals surface area contributed by atoms with E-state index in [1.807, 2.05) is 20.9 Å². The molecule has 0 aliphatic rings. The van der Waals surface area contributed by atoms with E-state index in [0.717, 1.165) is 11.3 Å². The van der Waals surface area contributed by atoms with E-state index in [2.05, 4.69) is 15.4 Å². The molecule has 0 saturated carbocycles. The molecule has 2 aromatic rings. The summed E-state index contributed by atoms with van der Waals surface area (Å²) >= 11 is 0. The molecule has 0 saturated heterocycles. The van der Waals surface area contributed by atoms with Gasteiger partial charge >= 0.3 is 0 Å². The largest absolute Gasteiger partial charge is 0.366 e. The number of carbonyl (C=O) groups excluding carboxylic acids is 2. The molecule has 21 heavy (non-hydrogen) atoms. The van der Waals surface area contributed by atoms with Crippen molar-refractivity contribution >= 4 is 11.8 Å². The van der Waals surface area contributed by atoms with Gasteiger partial charge in [-0.25, -0.2) is 0 Å². The molecule has 0 aromatic carbocycles. The molecule has 7 heteroatoms. The molecule has 2 amide bonds. The van der Waals surface area contributed by atoms with Gasteiger partial charge in [0.1, 0.15) is 5.69 Å². The van der Waals surface area contributed by atoms with Crippen LogP contribution in [0.15, 0.2) is 24.5 Å². The standard InChI is InChI=1S/C14H17N5O2/c1-8(11-7-17-19(3)9(11)2)18-14(21)12-5-4-10(6-16-12)13(15)20/h4-8H,1-3H3,(H2,15,20)(H,18,21). The molecule has 2 aromatic heterocycles. The van der Waals surface area contributed by atoms with Crippen molar-refractivity contribution in [3.8, 4) is 0 Å². The first-order valence-corrected chi connectivity index (χ1v) is 6.45. The van der Waals surface area contributed by atoms with Crippen LogP contribution in [-0.2, 0) is 7.05 Å². The van der Waals surface area contributed by atoms with Crippen LogP contribution in [0.1, 0.15) is 45.1 Å². The molecule has 1 unspecified atom stereocenters. The minimum absolute atomic E-state index is 0.191. The average Bonchev–Trinajstić information content (AvgIpc) is 2.79. The zero-order valence-electron chi connectivity index (χ0n) is 12.1. The van der Waals surface area contributed by atoms with Crippen LogP contribution in [0.2, 0.25) is 0 Å². The number of pyridine rings is 1. The van der Waals surface area contributed by atoms with Crippen LogP contribution in [0.4, 0.5) is 0 Å². The number of rotatable bonds is 4. The summed E-state index contributed by atoms with van der Waals surface area (Å²) in [5.74, 6) is -0.893. The first-order valence-electron chi connectivity index (χ1n) is 6.45. The van der Waals surface area contributed by atoms with Gasteiger partial charge < -0.3 is 11.1 Å². The predicted octanol–water partition coefficient (Wildman–Crippen LogP) is 0.713. The van der Waals surface area contributed by atoms with Crippen molar-refractivity contribution in [1.29, 1.82) is 0 Å². The number of nitrogens with two attached hydrogens (primary N) is 1. The van der Waals surface area contributed by atoms with E-state index in [9.17, 15) is 9.59 Å². The molecule has 3 N–H and O–H groups in total. The third-order valence-corrected chi connectivity index (χ3v) is 3.37. The van der Waals surface area contributed by atoms with Gasteiger partial charge in [-0.05, 0) is 26.0 Å². The first-order chi connectivity index (χ1) is 9.90. The molecular weight excluding hydrogens is 270 g/mol. The second-order valence-corrected chi connectivity index (χ2v) is 4.80. The number of primary amides is 1. The molecule has 0 spiro atoms. The molecule has 0 aliphatic carbocycles. The molecule has 2 rings (SSSR count). The Labute approximate surface area is 122 Å². The minimum atomic E-state index is -0.575. The van der Waals surface area contributed by atoms with E-state index in [1.165, 1.54) is 18.3 Å². The van der Waals surface area contributed by atoms with Crippen molar-refractivity contribution in [3.63, 3.8) is 0 Å².